The molecule has 0 saturated heterocycles. The van der Waals surface area contributed by atoms with Crippen molar-refractivity contribution < 1.29 is 13.2 Å². The van der Waals surface area contributed by atoms with Crippen molar-refractivity contribution in [3.8, 4) is 11.3 Å². The van der Waals surface area contributed by atoms with Gasteiger partial charge in [-0.1, -0.05) is 59.8 Å². The summed E-state index contributed by atoms with van der Waals surface area (Å²) in [7, 11) is -3.91. The van der Waals surface area contributed by atoms with Gasteiger partial charge in [-0.25, -0.2) is 18.4 Å². The van der Waals surface area contributed by atoms with Gasteiger partial charge in [-0.05, 0) is 60.9 Å². The zero-order valence-electron chi connectivity index (χ0n) is 20.1. The molecule has 0 aliphatic carbocycles. The van der Waals surface area contributed by atoms with E-state index in [1.165, 1.54) is 10.5 Å². The molecule has 0 saturated carbocycles. The summed E-state index contributed by atoms with van der Waals surface area (Å²) in [5.41, 5.74) is 5.31. The Kier molecular flexibility index (Phi) is 6.94. The van der Waals surface area contributed by atoms with E-state index in [0.29, 0.717) is 27.1 Å². The molecule has 1 aromatic heterocycles. The topological polar surface area (TPSA) is 92.3 Å². The first-order valence-electron chi connectivity index (χ1n) is 11.5. The summed E-state index contributed by atoms with van der Waals surface area (Å²) in [5, 5.41) is 3.78. The third-order valence-corrected chi connectivity index (χ3v) is 8.97. The van der Waals surface area contributed by atoms with Crippen LogP contribution in [0.3, 0.4) is 0 Å². The lowest BCUT2D eigenvalue weighted by Gasteiger charge is -2.31. The lowest BCUT2D eigenvalue weighted by molar-refractivity contribution is -0.113. The Balaban J connectivity index is 1.39. The second-order valence-corrected chi connectivity index (χ2v) is 11.9. The molecule has 3 aromatic carbocycles. The fourth-order valence-corrected chi connectivity index (χ4v) is 6.32. The molecule has 0 atom stereocenters. The van der Waals surface area contributed by atoms with E-state index in [-0.39, 0.29) is 23.1 Å². The quantitative estimate of drug-likeness (QED) is 0.239. The average Bonchev–Trinajstić information content (AvgIpc) is 2.88. The second kappa shape index (κ2) is 10.2. The van der Waals surface area contributed by atoms with Gasteiger partial charge in [0, 0.05) is 16.3 Å². The molecule has 0 spiro atoms. The molecule has 1 aliphatic rings. The highest BCUT2D eigenvalue weighted by molar-refractivity contribution is 7.99. The van der Waals surface area contributed by atoms with Crippen molar-refractivity contribution in [3.05, 3.63) is 94.6 Å². The number of hydrogen-bond donors (Lipinski definition) is 1. The number of aryl methyl sites for hydroxylation is 2. The Bertz CT molecular complexity index is 1610. The van der Waals surface area contributed by atoms with Crippen LogP contribution in [0.2, 0.25) is 5.02 Å². The van der Waals surface area contributed by atoms with E-state index >= 15 is 0 Å². The number of rotatable bonds is 6. The van der Waals surface area contributed by atoms with Crippen molar-refractivity contribution in [2.24, 2.45) is 0 Å². The number of carbonyl (C=O) groups is 1. The lowest BCUT2D eigenvalue weighted by atomic mass is 10.1. The summed E-state index contributed by atoms with van der Waals surface area (Å²) in [6.45, 7) is 4.15. The number of para-hydroxylation sites is 1. The Morgan fingerprint density at radius 2 is 1.78 bits per heavy atom. The monoisotopic (exact) mass is 550 g/mol. The Morgan fingerprint density at radius 3 is 2.54 bits per heavy atom. The highest BCUT2D eigenvalue weighted by atomic mass is 35.5. The van der Waals surface area contributed by atoms with Gasteiger partial charge in [-0.2, -0.15) is 0 Å². The number of nitrogens with one attached hydrogen (secondary N) is 1. The van der Waals surface area contributed by atoms with E-state index in [1.807, 2.05) is 44.2 Å². The SMILES string of the molecule is Cc1ccc(NC(=O)CSc2ncc3c(n2)-c2ccccc2N(Cc2ccc(Cl)cc2)S3(=O)=O)cc1C. The van der Waals surface area contributed by atoms with Crippen LogP contribution in [0.15, 0.2) is 83.0 Å². The molecule has 2 heterocycles. The first-order chi connectivity index (χ1) is 17.7. The van der Waals surface area contributed by atoms with Crippen LogP contribution < -0.4 is 9.62 Å². The molecule has 7 nitrogen and oxygen atoms in total. The molecule has 10 heteroatoms. The second-order valence-electron chi connectivity index (χ2n) is 8.66. The van der Waals surface area contributed by atoms with Gasteiger partial charge in [-0.15, -0.1) is 0 Å². The first-order valence-corrected chi connectivity index (χ1v) is 14.3. The van der Waals surface area contributed by atoms with E-state index in [2.05, 4.69) is 15.3 Å². The van der Waals surface area contributed by atoms with Gasteiger partial charge < -0.3 is 5.32 Å². The number of nitrogens with zero attached hydrogens (tertiary/aromatic N) is 3. The summed E-state index contributed by atoms with van der Waals surface area (Å²) in [4.78, 5) is 21.4. The third kappa shape index (κ3) is 5.20. The zero-order valence-corrected chi connectivity index (χ0v) is 22.5. The number of halogens is 1. The highest BCUT2D eigenvalue weighted by Crippen LogP contribution is 2.42. The summed E-state index contributed by atoms with van der Waals surface area (Å²) in [6.07, 6.45) is 1.33. The first kappa shape index (κ1) is 25.3. The van der Waals surface area contributed by atoms with Gasteiger partial charge in [0.2, 0.25) is 5.91 Å². The zero-order chi connectivity index (χ0) is 26.2. The van der Waals surface area contributed by atoms with Gasteiger partial charge in [0.1, 0.15) is 4.90 Å². The van der Waals surface area contributed by atoms with Crippen molar-refractivity contribution in [1.82, 2.24) is 9.97 Å². The number of thioether (sulfide) groups is 1. The average molecular weight is 551 g/mol. The summed E-state index contributed by atoms with van der Waals surface area (Å²) < 4.78 is 28.6. The fraction of sp³-hybridized carbons (Fsp3) is 0.148. The standard InChI is InChI=1S/C27H23ClN4O3S2/c1-17-7-12-21(13-18(17)2)30-25(33)16-36-27-29-14-24-26(31-27)22-5-3-4-6-23(22)32(37(24,34)35)15-19-8-10-20(28)11-9-19/h3-14H,15-16H2,1-2H3,(H,30,33). The molecular formula is C27H23ClN4O3S2. The Hall–Kier alpha value is -3.40. The molecule has 1 aliphatic heterocycles. The maximum atomic E-state index is 13.6. The predicted octanol–water partition coefficient (Wildman–Crippen LogP) is 5.85. The van der Waals surface area contributed by atoms with E-state index in [9.17, 15) is 13.2 Å². The van der Waals surface area contributed by atoms with Crippen molar-refractivity contribution in [2.45, 2.75) is 30.4 Å². The van der Waals surface area contributed by atoms with Crippen LogP contribution in [0.25, 0.3) is 11.3 Å². The van der Waals surface area contributed by atoms with Crippen LogP contribution in [0, 0.1) is 13.8 Å². The molecular weight excluding hydrogens is 528 g/mol. The van der Waals surface area contributed by atoms with Crippen LogP contribution in [0.1, 0.15) is 16.7 Å². The number of amides is 1. The summed E-state index contributed by atoms with van der Waals surface area (Å²) in [5.74, 6) is -0.111. The van der Waals surface area contributed by atoms with Crippen LogP contribution in [-0.4, -0.2) is 30.0 Å². The molecule has 5 rings (SSSR count). The van der Waals surface area contributed by atoms with Crippen molar-refractivity contribution >= 4 is 50.7 Å². The molecule has 1 amide bonds. The Labute approximate surface area is 225 Å². The van der Waals surface area contributed by atoms with Gasteiger partial charge in [0.15, 0.2) is 5.16 Å². The van der Waals surface area contributed by atoms with Crippen LogP contribution in [0.4, 0.5) is 11.4 Å². The third-order valence-electron chi connectivity index (χ3n) is 6.09. The lowest BCUT2D eigenvalue weighted by Crippen LogP contribution is -2.34. The number of hydrogen-bond acceptors (Lipinski definition) is 6. The van der Waals surface area contributed by atoms with Crippen LogP contribution >= 0.6 is 23.4 Å². The highest BCUT2D eigenvalue weighted by Gasteiger charge is 2.36. The molecule has 0 fully saturated rings. The predicted molar refractivity (Wildman–Crippen MR) is 148 cm³/mol. The summed E-state index contributed by atoms with van der Waals surface area (Å²) >= 11 is 7.15. The number of benzene rings is 3. The van der Waals surface area contributed by atoms with E-state index in [4.69, 9.17) is 11.6 Å². The molecule has 188 valence electrons. The number of aromatic nitrogens is 2. The number of anilines is 2. The van der Waals surface area contributed by atoms with Crippen molar-refractivity contribution in [2.75, 3.05) is 15.4 Å². The molecule has 0 unspecified atom stereocenters. The van der Waals surface area contributed by atoms with Crippen LogP contribution in [0.5, 0.6) is 0 Å². The Morgan fingerprint density at radius 1 is 1.03 bits per heavy atom. The fourth-order valence-electron chi connectivity index (χ4n) is 4.02. The van der Waals surface area contributed by atoms with Crippen molar-refractivity contribution in [1.29, 1.82) is 0 Å². The maximum Gasteiger partial charge on any atom is 0.268 e. The van der Waals surface area contributed by atoms with E-state index < -0.39 is 10.0 Å². The molecule has 4 aromatic rings. The van der Waals surface area contributed by atoms with Gasteiger partial charge >= 0.3 is 0 Å². The van der Waals surface area contributed by atoms with Gasteiger partial charge in [-0.3, -0.25) is 9.10 Å². The van der Waals surface area contributed by atoms with Crippen molar-refractivity contribution in [3.63, 3.8) is 0 Å². The molecule has 37 heavy (non-hydrogen) atoms. The minimum Gasteiger partial charge on any atom is -0.325 e. The van der Waals surface area contributed by atoms with E-state index in [1.54, 1.807) is 36.4 Å². The number of carbonyl (C=O) groups excluding carboxylic acids is 1. The normalized spacial score (nSPS) is 13.5. The minimum atomic E-state index is -3.91. The maximum absolute atomic E-state index is 13.6. The largest absolute Gasteiger partial charge is 0.325 e. The number of fused-ring (bicyclic) bond motifs is 3. The van der Waals surface area contributed by atoms with E-state index in [0.717, 1.165) is 34.1 Å². The molecule has 0 radical (unpaired) electrons. The van der Waals surface area contributed by atoms with Gasteiger partial charge in [0.25, 0.3) is 10.0 Å². The van der Waals surface area contributed by atoms with Gasteiger partial charge in [0.05, 0.1) is 29.9 Å². The smallest absolute Gasteiger partial charge is 0.268 e. The number of sulfonamides is 1. The summed E-state index contributed by atoms with van der Waals surface area (Å²) in [6, 6.07) is 20.0. The minimum absolute atomic E-state index is 0.0316. The molecule has 1 N–H and O–H groups in total. The molecule has 0 bridgehead atoms. The van der Waals surface area contributed by atoms with Crippen LogP contribution in [-0.2, 0) is 21.4 Å².